The van der Waals surface area contributed by atoms with Crippen LogP contribution in [0, 0.1) is 5.82 Å². The van der Waals surface area contributed by atoms with Crippen LogP contribution >= 0.6 is 0 Å². The molecular formula is C14H20FNO2. The van der Waals surface area contributed by atoms with E-state index in [9.17, 15) is 9.18 Å². The summed E-state index contributed by atoms with van der Waals surface area (Å²) in [5.74, 6) is 0.229. The molecule has 0 unspecified atom stereocenters. The Hall–Kier alpha value is -1.58. The van der Waals surface area contributed by atoms with Gasteiger partial charge >= 0.3 is 0 Å². The third-order valence-electron chi connectivity index (χ3n) is 2.77. The van der Waals surface area contributed by atoms with Crippen LogP contribution in [0.5, 0.6) is 5.75 Å². The van der Waals surface area contributed by atoms with Gasteiger partial charge in [0.05, 0.1) is 13.0 Å². The van der Waals surface area contributed by atoms with Crippen molar-refractivity contribution in [1.82, 2.24) is 5.32 Å². The molecule has 0 fully saturated rings. The predicted octanol–water partition coefficient (Wildman–Crippen LogP) is 2.90. The van der Waals surface area contributed by atoms with Crippen molar-refractivity contribution in [3.63, 3.8) is 0 Å². The van der Waals surface area contributed by atoms with E-state index in [1.54, 1.807) is 12.1 Å². The van der Waals surface area contributed by atoms with Crippen molar-refractivity contribution in [2.24, 2.45) is 0 Å². The molecule has 0 heterocycles. The second-order valence-electron chi connectivity index (χ2n) is 4.84. The fraction of sp³-hybridized carbons (Fsp3) is 0.500. The Morgan fingerprint density at radius 1 is 1.33 bits per heavy atom. The van der Waals surface area contributed by atoms with Gasteiger partial charge in [0.25, 0.3) is 0 Å². The number of rotatable bonds is 6. The summed E-state index contributed by atoms with van der Waals surface area (Å²) in [5, 5.41) is 2.92. The van der Waals surface area contributed by atoms with Gasteiger partial charge in [0.1, 0.15) is 11.6 Å². The van der Waals surface area contributed by atoms with E-state index in [4.69, 9.17) is 4.74 Å². The minimum absolute atomic E-state index is 0.0380. The van der Waals surface area contributed by atoms with Crippen LogP contribution in [-0.2, 0) is 4.79 Å². The first-order valence-corrected chi connectivity index (χ1v) is 6.12. The molecule has 0 aliphatic heterocycles. The molecule has 0 saturated carbocycles. The first-order chi connectivity index (χ1) is 8.43. The summed E-state index contributed by atoms with van der Waals surface area (Å²) in [7, 11) is 0. The molecule has 18 heavy (non-hydrogen) atoms. The first kappa shape index (κ1) is 14.5. The molecule has 0 aliphatic rings. The van der Waals surface area contributed by atoms with Crippen LogP contribution in [0.15, 0.2) is 24.3 Å². The van der Waals surface area contributed by atoms with Crippen LogP contribution < -0.4 is 10.1 Å². The smallest absolute Gasteiger partial charge is 0.223 e. The molecule has 0 aromatic heterocycles. The van der Waals surface area contributed by atoms with E-state index in [2.05, 4.69) is 5.32 Å². The standard InChI is InChI=1S/C14H20FNO2/c1-4-14(2,3)16-13(17)9-10-18-12-7-5-11(15)6-8-12/h5-8H,4,9-10H2,1-3H3,(H,16,17). The van der Waals surface area contributed by atoms with E-state index in [1.165, 1.54) is 12.1 Å². The van der Waals surface area contributed by atoms with Crippen molar-refractivity contribution < 1.29 is 13.9 Å². The molecule has 0 radical (unpaired) electrons. The highest BCUT2D eigenvalue weighted by Crippen LogP contribution is 2.11. The summed E-state index contributed by atoms with van der Waals surface area (Å²) < 4.78 is 18.0. The average Bonchev–Trinajstić information content (AvgIpc) is 2.31. The summed E-state index contributed by atoms with van der Waals surface area (Å²) in [6.45, 7) is 6.27. The number of nitrogens with one attached hydrogen (secondary N) is 1. The molecule has 0 aliphatic carbocycles. The zero-order chi connectivity index (χ0) is 13.6. The number of benzene rings is 1. The van der Waals surface area contributed by atoms with E-state index in [-0.39, 0.29) is 23.9 Å². The predicted molar refractivity (Wildman–Crippen MR) is 69.0 cm³/mol. The minimum Gasteiger partial charge on any atom is -0.493 e. The van der Waals surface area contributed by atoms with Crippen molar-refractivity contribution in [3.05, 3.63) is 30.1 Å². The number of hydrogen-bond donors (Lipinski definition) is 1. The minimum atomic E-state index is -0.301. The Morgan fingerprint density at radius 3 is 2.50 bits per heavy atom. The summed E-state index contributed by atoms with van der Waals surface area (Å²) in [5.41, 5.74) is -0.188. The summed E-state index contributed by atoms with van der Waals surface area (Å²) in [6.07, 6.45) is 1.17. The molecule has 0 atom stereocenters. The number of carbonyl (C=O) groups is 1. The van der Waals surface area contributed by atoms with Crippen LogP contribution in [0.4, 0.5) is 4.39 Å². The van der Waals surface area contributed by atoms with E-state index in [0.717, 1.165) is 6.42 Å². The molecule has 1 aromatic carbocycles. The van der Waals surface area contributed by atoms with Gasteiger partial charge < -0.3 is 10.1 Å². The normalized spacial score (nSPS) is 11.1. The maximum atomic E-state index is 12.6. The lowest BCUT2D eigenvalue weighted by Crippen LogP contribution is -2.43. The van der Waals surface area contributed by atoms with Gasteiger partial charge in [-0.25, -0.2) is 4.39 Å². The van der Waals surface area contributed by atoms with Crippen molar-refractivity contribution in [2.75, 3.05) is 6.61 Å². The molecule has 1 N–H and O–H groups in total. The van der Waals surface area contributed by atoms with Gasteiger partial charge in [-0.1, -0.05) is 6.92 Å². The second-order valence-corrected chi connectivity index (χ2v) is 4.84. The number of ether oxygens (including phenoxy) is 1. The van der Waals surface area contributed by atoms with Crippen LogP contribution in [0.25, 0.3) is 0 Å². The highest BCUT2D eigenvalue weighted by Gasteiger charge is 2.17. The van der Waals surface area contributed by atoms with Crippen molar-refractivity contribution in [2.45, 2.75) is 39.2 Å². The molecular weight excluding hydrogens is 233 g/mol. The zero-order valence-corrected chi connectivity index (χ0v) is 11.1. The van der Waals surface area contributed by atoms with Gasteiger partial charge in [0, 0.05) is 5.54 Å². The SMILES string of the molecule is CCC(C)(C)NC(=O)CCOc1ccc(F)cc1. The lowest BCUT2D eigenvalue weighted by Gasteiger charge is -2.24. The third kappa shape index (κ3) is 5.17. The molecule has 1 amide bonds. The van der Waals surface area contributed by atoms with Crippen LogP contribution in [0.3, 0.4) is 0 Å². The molecule has 4 heteroatoms. The first-order valence-electron chi connectivity index (χ1n) is 6.12. The van der Waals surface area contributed by atoms with Gasteiger partial charge in [-0.3, -0.25) is 4.79 Å². The average molecular weight is 253 g/mol. The second kappa shape index (κ2) is 6.38. The molecule has 1 rings (SSSR count). The van der Waals surface area contributed by atoms with Crippen LogP contribution in [-0.4, -0.2) is 18.1 Å². The van der Waals surface area contributed by atoms with Crippen molar-refractivity contribution >= 4 is 5.91 Å². The van der Waals surface area contributed by atoms with Crippen LogP contribution in [0.1, 0.15) is 33.6 Å². The highest BCUT2D eigenvalue weighted by molar-refractivity contribution is 5.76. The third-order valence-corrected chi connectivity index (χ3v) is 2.77. The van der Waals surface area contributed by atoms with Crippen molar-refractivity contribution in [1.29, 1.82) is 0 Å². The molecule has 0 saturated heterocycles. The molecule has 0 bridgehead atoms. The maximum Gasteiger partial charge on any atom is 0.223 e. The number of amides is 1. The summed E-state index contributed by atoms with van der Waals surface area (Å²) in [6, 6.07) is 5.75. The lowest BCUT2D eigenvalue weighted by atomic mass is 10.0. The molecule has 1 aromatic rings. The zero-order valence-electron chi connectivity index (χ0n) is 11.1. The molecule has 0 spiro atoms. The van der Waals surface area contributed by atoms with Crippen molar-refractivity contribution in [3.8, 4) is 5.75 Å². The largest absolute Gasteiger partial charge is 0.493 e. The van der Waals surface area contributed by atoms with E-state index < -0.39 is 0 Å². The Bertz CT molecular complexity index is 387. The monoisotopic (exact) mass is 253 g/mol. The van der Waals surface area contributed by atoms with E-state index in [1.807, 2.05) is 20.8 Å². The molecule has 3 nitrogen and oxygen atoms in total. The fourth-order valence-electron chi connectivity index (χ4n) is 1.32. The Labute approximate surface area is 107 Å². The number of carbonyl (C=O) groups excluding carboxylic acids is 1. The maximum absolute atomic E-state index is 12.6. The number of halogens is 1. The van der Waals surface area contributed by atoms with E-state index in [0.29, 0.717) is 12.2 Å². The Kier molecular flexibility index (Phi) is 5.13. The van der Waals surface area contributed by atoms with Gasteiger partial charge in [-0.15, -0.1) is 0 Å². The van der Waals surface area contributed by atoms with E-state index >= 15 is 0 Å². The molecule has 100 valence electrons. The Morgan fingerprint density at radius 2 is 1.94 bits per heavy atom. The summed E-state index contributed by atoms with van der Waals surface area (Å²) in [4.78, 5) is 11.6. The quantitative estimate of drug-likeness (QED) is 0.846. The van der Waals surface area contributed by atoms with Gasteiger partial charge in [0.2, 0.25) is 5.91 Å². The highest BCUT2D eigenvalue weighted by atomic mass is 19.1. The number of hydrogen-bond acceptors (Lipinski definition) is 2. The van der Waals surface area contributed by atoms with Gasteiger partial charge in [-0.05, 0) is 44.5 Å². The lowest BCUT2D eigenvalue weighted by molar-refractivity contribution is -0.123. The van der Waals surface area contributed by atoms with Gasteiger partial charge in [-0.2, -0.15) is 0 Å². The van der Waals surface area contributed by atoms with Gasteiger partial charge in [0.15, 0.2) is 0 Å². The Balaban J connectivity index is 2.29. The summed E-state index contributed by atoms with van der Waals surface area (Å²) >= 11 is 0. The topological polar surface area (TPSA) is 38.3 Å². The fourth-order valence-corrected chi connectivity index (χ4v) is 1.32. The van der Waals surface area contributed by atoms with Crippen LogP contribution in [0.2, 0.25) is 0 Å².